The van der Waals surface area contributed by atoms with E-state index < -0.39 is 0 Å². The fourth-order valence-electron chi connectivity index (χ4n) is 1.46. The highest BCUT2D eigenvalue weighted by atomic mass is 16.3. The van der Waals surface area contributed by atoms with E-state index in [-0.39, 0.29) is 6.10 Å². The summed E-state index contributed by atoms with van der Waals surface area (Å²) in [7, 11) is 0. The molecule has 0 aromatic carbocycles. The fourth-order valence-corrected chi connectivity index (χ4v) is 1.46. The van der Waals surface area contributed by atoms with Crippen molar-refractivity contribution >= 4 is 0 Å². The summed E-state index contributed by atoms with van der Waals surface area (Å²) < 4.78 is 0. The third-order valence-corrected chi connectivity index (χ3v) is 2.20. The highest BCUT2D eigenvalue weighted by molar-refractivity contribution is 4.95. The number of aliphatic hydroxyl groups is 1. The van der Waals surface area contributed by atoms with Gasteiger partial charge in [-0.2, -0.15) is 0 Å². The molecule has 10 heavy (non-hydrogen) atoms. The molecule has 58 valence electrons. The highest BCUT2D eigenvalue weighted by Gasteiger charge is 2.15. The third kappa shape index (κ3) is 1.84. The van der Waals surface area contributed by atoms with Crippen LogP contribution in [0.25, 0.3) is 0 Å². The molecule has 1 aliphatic rings. The van der Waals surface area contributed by atoms with Crippen molar-refractivity contribution in [2.75, 3.05) is 0 Å². The predicted octanol–water partition coefficient (Wildman–Crippen LogP) is 2.11. The molecule has 1 aliphatic carbocycles. The van der Waals surface area contributed by atoms with Crippen LogP contribution in [0.4, 0.5) is 0 Å². The van der Waals surface area contributed by atoms with Crippen molar-refractivity contribution in [3.63, 3.8) is 0 Å². The van der Waals surface area contributed by atoms with Crippen LogP contribution in [0.15, 0.2) is 12.2 Å². The lowest BCUT2D eigenvalue weighted by molar-refractivity contribution is 0.118. The van der Waals surface area contributed by atoms with Gasteiger partial charge in [-0.1, -0.05) is 19.1 Å². The van der Waals surface area contributed by atoms with Crippen LogP contribution in [0, 0.1) is 5.92 Å². The molecule has 1 N–H and O–H groups in total. The van der Waals surface area contributed by atoms with Crippen LogP contribution in [-0.4, -0.2) is 11.2 Å². The molecule has 1 heteroatoms. The summed E-state index contributed by atoms with van der Waals surface area (Å²) in [4.78, 5) is 0. The molecule has 0 saturated heterocycles. The van der Waals surface area contributed by atoms with Gasteiger partial charge in [0.2, 0.25) is 0 Å². The molecule has 0 aromatic rings. The van der Waals surface area contributed by atoms with Crippen molar-refractivity contribution in [1.29, 1.82) is 0 Å². The van der Waals surface area contributed by atoms with Crippen molar-refractivity contribution in [3.05, 3.63) is 12.2 Å². The Labute approximate surface area is 62.8 Å². The molecule has 0 spiro atoms. The molecule has 2 atom stereocenters. The predicted molar refractivity (Wildman–Crippen MR) is 42.8 cm³/mol. The van der Waals surface area contributed by atoms with E-state index in [1.54, 1.807) is 0 Å². The Kier molecular flexibility index (Phi) is 2.94. The van der Waals surface area contributed by atoms with Crippen LogP contribution < -0.4 is 0 Å². The Morgan fingerprint density at radius 2 is 2.50 bits per heavy atom. The van der Waals surface area contributed by atoms with Gasteiger partial charge < -0.3 is 5.11 Å². The van der Waals surface area contributed by atoms with E-state index in [9.17, 15) is 5.11 Å². The quantitative estimate of drug-likeness (QED) is 0.582. The second-order valence-electron chi connectivity index (χ2n) is 3.00. The zero-order chi connectivity index (χ0) is 7.40. The van der Waals surface area contributed by atoms with Gasteiger partial charge in [-0.25, -0.2) is 0 Å². The van der Waals surface area contributed by atoms with E-state index in [2.05, 4.69) is 12.2 Å². The largest absolute Gasteiger partial charge is 0.393 e. The average Bonchev–Trinajstić information content (AvgIpc) is 2.05. The normalized spacial score (nSPS) is 28.4. The second kappa shape index (κ2) is 3.77. The van der Waals surface area contributed by atoms with Crippen molar-refractivity contribution < 1.29 is 5.11 Å². The summed E-state index contributed by atoms with van der Waals surface area (Å²) in [5.74, 6) is 0.443. The number of aliphatic hydroxyl groups excluding tert-OH is 1. The van der Waals surface area contributed by atoms with Crippen molar-refractivity contribution in [2.24, 2.45) is 5.92 Å². The number of hydrogen-bond acceptors (Lipinski definition) is 1. The SMILES string of the molecule is CC[C@H](O)C1C=CCCC1. The van der Waals surface area contributed by atoms with Gasteiger partial charge in [-0.05, 0) is 25.7 Å². The molecule has 0 fully saturated rings. The molecule has 0 radical (unpaired) electrons. The number of hydrogen-bond donors (Lipinski definition) is 1. The Bertz CT molecular complexity index is 118. The minimum absolute atomic E-state index is 0.100. The van der Waals surface area contributed by atoms with E-state index in [0.717, 1.165) is 6.42 Å². The average molecular weight is 140 g/mol. The first-order valence-corrected chi connectivity index (χ1v) is 4.19. The van der Waals surface area contributed by atoms with Gasteiger partial charge in [0.15, 0.2) is 0 Å². The molecule has 1 nitrogen and oxygen atoms in total. The first-order valence-electron chi connectivity index (χ1n) is 4.19. The molecule has 0 heterocycles. The molecule has 1 unspecified atom stereocenters. The summed E-state index contributed by atoms with van der Waals surface area (Å²) >= 11 is 0. The lowest BCUT2D eigenvalue weighted by Crippen LogP contribution is -2.18. The molecule has 1 rings (SSSR count). The maximum absolute atomic E-state index is 9.43. The number of allylic oxidation sites excluding steroid dienone is 1. The molecule has 0 aliphatic heterocycles. The molecular formula is C9H16O. The van der Waals surface area contributed by atoms with E-state index in [1.165, 1.54) is 19.3 Å². The Morgan fingerprint density at radius 1 is 1.70 bits per heavy atom. The highest BCUT2D eigenvalue weighted by Crippen LogP contribution is 2.21. The standard InChI is InChI=1S/C9H16O/c1-2-9(10)8-6-4-3-5-7-8/h4,6,8-10H,2-3,5,7H2,1H3/t8?,9-/m0/s1. The third-order valence-electron chi connectivity index (χ3n) is 2.20. The van der Waals surface area contributed by atoms with E-state index in [1.807, 2.05) is 6.92 Å². The van der Waals surface area contributed by atoms with E-state index in [0.29, 0.717) is 5.92 Å². The molecule has 0 aromatic heterocycles. The van der Waals surface area contributed by atoms with Gasteiger partial charge in [0.05, 0.1) is 6.10 Å². The van der Waals surface area contributed by atoms with Crippen molar-refractivity contribution in [3.8, 4) is 0 Å². The Morgan fingerprint density at radius 3 is 3.00 bits per heavy atom. The second-order valence-corrected chi connectivity index (χ2v) is 3.00. The smallest absolute Gasteiger partial charge is 0.0600 e. The first kappa shape index (κ1) is 7.80. The summed E-state index contributed by atoms with van der Waals surface area (Å²) in [6.45, 7) is 2.03. The summed E-state index contributed by atoms with van der Waals surface area (Å²) in [6, 6.07) is 0. The van der Waals surface area contributed by atoms with Crippen LogP contribution in [0.2, 0.25) is 0 Å². The summed E-state index contributed by atoms with van der Waals surface area (Å²) in [6.07, 6.45) is 8.76. The van der Waals surface area contributed by atoms with Crippen LogP contribution in [0.3, 0.4) is 0 Å². The minimum atomic E-state index is -0.100. The van der Waals surface area contributed by atoms with Gasteiger partial charge in [-0.3, -0.25) is 0 Å². The molecule has 0 saturated carbocycles. The zero-order valence-electron chi connectivity index (χ0n) is 6.59. The molecule has 0 amide bonds. The fraction of sp³-hybridized carbons (Fsp3) is 0.778. The first-order chi connectivity index (χ1) is 4.84. The summed E-state index contributed by atoms with van der Waals surface area (Å²) in [5.41, 5.74) is 0. The van der Waals surface area contributed by atoms with Gasteiger partial charge >= 0.3 is 0 Å². The van der Waals surface area contributed by atoms with Gasteiger partial charge in [-0.15, -0.1) is 0 Å². The lowest BCUT2D eigenvalue weighted by Gasteiger charge is -2.20. The van der Waals surface area contributed by atoms with E-state index in [4.69, 9.17) is 0 Å². The summed E-state index contributed by atoms with van der Waals surface area (Å²) in [5, 5.41) is 9.43. The molecular weight excluding hydrogens is 124 g/mol. The van der Waals surface area contributed by atoms with Gasteiger partial charge in [0, 0.05) is 5.92 Å². The van der Waals surface area contributed by atoms with Crippen LogP contribution >= 0.6 is 0 Å². The van der Waals surface area contributed by atoms with Crippen molar-refractivity contribution in [2.45, 2.75) is 38.7 Å². The van der Waals surface area contributed by atoms with Crippen LogP contribution in [0.1, 0.15) is 32.6 Å². The minimum Gasteiger partial charge on any atom is -0.393 e. The topological polar surface area (TPSA) is 20.2 Å². The van der Waals surface area contributed by atoms with Gasteiger partial charge in [0.1, 0.15) is 0 Å². The Balaban J connectivity index is 2.38. The Hall–Kier alpha value is -0.300. The maximum Gasteiger partial charge on any atom is 0.0600 e. The van der Waals surface area contributed by atoms with Crippen LogP contribution in [0.5, 0.6) is 0 Å². The lowest BCUT2D eigenvalue weighted by atomic mass is 9.90. The monoisotopic (exact) mass is 140 g/mol. The van der Waals surface area contributed by atoms with Gasteiger partial charge in [0.25, 0.3) is 0 Å². The maximum atomic E-state index is 9.43. The molecule has 0 bridgehead atoms. The van der Waals surface area contributed by atoms with Crippen LogP contribution in [-0.2, 0) is 0 Å². The zero-order valence-corrected chi connectivity index (χ0v) is 6.59. The van der Waals surface area contributed by atoms with E-state index >= 15 is 0 Å². The number of rotatable bonds is 2. The van der Waals surface area contributed by atoms with Crippen molar-refractivity contribution in [1.82, 2.24) is 0 Å².